The summed E-state index contributed by atoms with van der Waals surface area (Å²) in [4.78, 5) is 1.17. The van der Waals surface area contributed by atoms with Crippen molar-refractivity contribution in [3.63, 3.8) is 0 Å². The van der Waals surface area contributed by atoms with E-state index in [1.165, 1.54) is 0 Å². The van der Waals surface area contributed by atoms with E-state index in [9.17, 15) is 8.42 Å². The molecule has 0 amide bonds. The summed E-state index contributed by atoms with van der Waals surface area (Å²) in [5.74, 6) is 0.554. The predicted octanol–water partition coefficient (Wildman–Crippen LogP) is 2.13. The summed E-state index contributed by atoms with van der Waals surface area (Å²) in [6.07, 6.45) is 4.12. The van der Waals surface area contributed by atoms with Gasteiger partial charge in [0.05, 0.1) is 4.90 Å². The SMILES string of the molecule is O=S(=O)(c1ccc(S)cc1)N(CC1CC1)C1CCNCC1. The Bertz CT molecular complexity index is 576. The topological polar surface area (TPSA) is 49.4 Å². The summed E-state index contributed by atoms with van der Waals surface area (Å²) in [6, 6.07) is 6.95. The molecule has 1 N–H and O–H groups in total. The van der Waals surface area contributed by atoms with Crippen molar-refractivity contribution in [2.24, 2.45) is 5.92 Å². The van der Waals surface area contributed by atoms with Gasteiger partial charge in [0.25, 0.3) is 0 Å². The molecule has 116 valence electrons. The maximum atomic E-state index is 13.0. The smallest absolute Gasteiger partial charge is 0.243 e. The molecule has 1 saturated heterocycles. The van der Waals surface area contributed by atoms with Gasteiger partial charge in [-0.2, -0.15) is 4.31 Å². The molecule has 1 aliphatic heterocycles. The number of nitrogens with zero attached hydrogens (tertiary/aromatic N) is 1. The van der Waals surface area contributed by atoms with Crippen LogP contribution in [0.4, 0.5) is 0 Å². The third-order valence-electron chi connectivity index (χ3n) is 4.29. The molecule has 4 nitrogen and oxygen atoms in total. The summed E-state index contributed by atoms with van der Waals surface area (Å²) in [6.45, 7) is 2.48. The van der Waals surface area contributed by atoms with Crippen molar-refractivity contribution in [1.29, 1.82) is 0 Å². The summed E-state index contributed by atoms with van der Waals surface area (Å²) in [5.41, 5.74) is 0. The Morgan fingerprint density at radius 3 is 2.29 bits per heavy atom. The van der Waals surface area contributed by atoms with Crippen molar-refractivity contribution in [2.75, 3.05) is 19.6 Å². The molecular weight excluding hydrogens is 304 g/mol. The molecule has 1 saturated carbocycles. The third-order valence-corrected chi connectivity index (χ3v) is 6.53. The summed E-state index contributed by atoms with van der Waals surface area (Å²) < 4.78 is 27.7. The fourth-order valence-corrected chi connectivity index (χ4v) is 4.76. The summed E-state index contributed by atoms with van der Waals surface area (Å²) in [5, 5.41) is 3.31. The maximum Gasteiger partial charge on any atom is 0.243 e. The summed E-state index contributed by atoms with van der Waals surface area (Å²) in [7, 11) is -3.40. The average molecular weight is 326 g/mol. The van der Waals surface area contributed by atoms with Gasteiger partial charge >= 0.3 is 0 Å². The van der Waals surface area contributed by atoms with E-state index in [2.05, 4.69) is 17.9 Å². The van der Waals surface area contributed by atoms with E-state index in [-0.39, 0.29) is 6.04 Å². The Balaban J connectivity index is 1.87. The lowest BCUT2D eigenvalue weighted by molar-refractivity contribution is 0.255. The van der Waals surface area contributed by atoms with Gasteiger partial charge in [0.15, 0.2) is 0 Å². The van der Waals surface area contributed by atoms with E-state index in [4.69, 9.17) is 0 Å². The largest absolute Gasteiger partial charge is 0.317 e. The number of benzene rings is 1. The minimum atomic E-state index is -3.40. The van der Waals surface area contributed by atoms with Crippen molar-refractivity contribution in [3.05, 3.63) is 24.3 Å². The van der Waals surface area contributed by atoms with Crippen LogP contribution in [0.15, 0.2) is 34.1 Å². The van der Waals surface area contributed by atoms with Crippen molar-refractivity contribution in [1.82, 2.24) is 9.62 Å². The van der Waals surface area contributed by atoms with E-state index < -0.39 is 10.0 Å². The van der Waals surface area contributed by atoms with Gasteiger partial charge in [0.2, 0.25) is 10.0 Å². The van der Waals surface area contributed by atoms with E-state index in [1.54, 1.807) is 28.6 Å². The van der Waals surface area contributed by atoms with Crippen LogP contribution < -0.4 is 5.32 Å². The first-order chi connectivity index (χ1) is 10.1. The molecule has 0 aromatic heterocycles. The van der Waals surface area contributed by atoms with Crippen LogP contribution in [-0.2, 0) is 10.0 Å². The average Bonchev–Trinajstić information content (AvgIpc) is 3.30. The van der Waals surface area contributed by atoms with Gasteiger partial charge in [-0.25, -0.2) is 8.42 Å². The number of rotatable bonds is 5. The molecule has 6 heteroatoms. The second kappa shape index (κ2) is 6.28. The van der Waals surface area contributed by atoms with Crippen molar-refractivity contribution >= 4 is 22.7 Å². The quantitative estimate of drug-likeness (QED) is 0.815. The molecule has 0 spiro atoms. The highest BCUT2D eigenvalue weighted by molar-refractivity contribution is 7.89. The molecule has 2 fully saturated rings. The molecular formula is C15H22N2O2S2. The standard InChI is InChI=1S/C15H22N2O2S2/c18-21(19,15-5-3-14(20)4-6-15)17(11-12-1-2-12)13-7-9-16-10-8-13/h3-6,12-13,16,20H,1-2,7-11H2. The Hall–Kier alpha value is -0.560. The van der Waals surface area contributed by atoms with Crippen LogP contribution in [0.2, 0.25) is 0 Å². The Labute approximate surface area is 132 Å². The van der Waals surface area contributed by atoms with Crippen LogP contribution >= 0.6 is 12.6 Å². The second-order valence-electron chi connectivity index (χ2n) is 5.99. The number of nitrogens with one attached hydrogen (secondary N) is 1. The minimum Gasteiger partial charge on any atom is -0.317 e. The predicted molar refractivity (Wildman–Crippen MR) is 86.2 cm³/mol. The molecule has 0 bridgehead atoms. The van der Waals surface area contributed by atoms with Crippen LogP contribution in [0, 0.1) is 5.92 Å². The van der Waals surface area contributed by atoms with Crippen molar-refractivity contribution in [2.45, 2.75) is 41.5 Å². The molecule has 2 aliphatic rings. The fraction of sp³-hybridized carbons (Fsp3) is 0.600. The number of sulfonamides is 1. The molecule has 21 heavy (non-hydrogen) atoms. The first-order valence-electron chi connectivity index (χ1n) is 7.59. The number of thiol groups is 1. The molecule has 0 radical (unpaired) electrons. The number of hydrogen-bond acceptors (Lipinski definition) is 4. The zero-order valence-electron chi connectivity index (χ0n) is 12.0. The van der Waals surface area contributed by atoms with Gasteiger partial charge in [-0.05, 0) is 69.0 Å². The highest BCUT2D eigenvalue weighted by Crippen LogP contribution is 2.34. The first-order valence-corrected chi connectivity index (χ1v) is 9.48. The normalized spacial score (nSPS) is 20.9. The van der Waals surface area contributed by atoms with E-state index in [0.29, 0.717) is 17.4 Å². The van der Waals surface area contributed by atoms with Gasteiger partial charge < -0.3 is 5.32 Å². The Kier molecular flexibility index (Phi) is 4.59. The molecule has 1 heterocycles. The molecule has 0 unspecified atom stereocenters. The van der Waals surface area contributed by atoms with Crippen LogP contribution in [0.3, 0.4) is 0 Å². The van der Waals surface area contributed by atoms with Crippen LogP contribution in [0.25, 0.3) is 0 Å². The molecule has 1 aromatic carbocycles. The maximum absolute atomic E-state index is 13.0. The van der Waals surface area contributed by atoms with Crippen molar-refractivity contribution in [3.8, 4) is 0 Å². The molecule has 1 aliphatic carbocycles. The highest BCUT2D eigenvalue weighted by Gasteiger charge is 2.36. The zero-order valence-corrected chi connectivity index (χ0v) is 13.7. The molecule has 3 rings (SSSR count). The second-order valence-corrected chi connectivity index (χ2v) is 8.40. The third kappa shape index (κ3) is 3.62. The lowest BCUT2D eigenvalue weighted by Crippen LogP contribution is -2.46. The monoisotopic (exact) mass is 326 g/mol. The van der Waals surface area contributed by atoms with Gasteiger partial charge in [0, 0.05) is 17.5 Å². The summed E-state index contributed by atoms with van der Waals surface area (Å²) >= 11 is 4.23. The fourth-order valence-electron chi connectivity index (χ4n) is 2.85. The van der Waals surface area contributed by atoms with Gasteiger partial charge in [0.1, 0.15) is 0 Å². The number of piperidine rings is 1. The lowest BCUT2D eigenvalue weighted by Gasteiger charge is -2.33. The first kappa shape index (κ1) is 15.3. The van der Waals surface area contributed by atoms with Gasteiger partial charge in [-0.1, -0.05) is 0 Å². The minimum absolute atomic E-state index is 0.132. The van der Waals surface area contributed by atoms with E-state index in [1.807, 2.05) is 0 Å². The highest BCUT2D eigenvalue weighted by atomic mass is 32.2. The lowest BCUT2D eigenvalue weighted by atomic mass is 10.1. The zero-order chi connectivity index (χ0) is 14.9. The van der Waals surface area contributed by atoms with Crippen molar-refractivity contribution < 1.29 is 8.42 Å². The van der Waals surface area contributed by atoms with Crippen LogP contribution in [0.1, 0.15) is 25.7 Å². The van der Waals surface area contributed by atoms with Gasteiger partial charge in [-0.3, -0.25) is 0 Å². The molecule has 1 aromatic rings. The van der Waals surface area contributed by atoms with Crippen LogP contribution in [-0.4, -0.2) is 38.4 Å². The van der Waals surface area contributed by atoms with E-state index in [0.717, 1.165) is 43.7 Å². The van der Waals surface area contributed by atoms with Crippen LogP contribution in [0.5, 0.6) is 0 Å². The molecule has 0 atom stereocenters. The van der Waals surface area contributed by atoms with E-state index >= 15 is 0 Å². The van der Waals surface area contributed by atoms with Gasteiger partial charge in [-0.15, -0.1) is 12.6 Å². The number of hydrogen-bond donors (Lipinski definition) is 2. The Morgan fingerprint density at radius 2 is 1.71 bits per heavy atom. The Morgan fingerprint density at radius 1 is 1.10 bits per heavy atom.